The lowest BCUT2D eigenvalue weighted by atomic mass is 10.0. The van der Waals surface area contributed by atoms with E-state index in [0.717, 1.165) is 0 Å². The molecular formula is C32H20N2S. The number of thiophene rings is 1. The molecule has 3 heterocycles. The smallest absolute Gasteiger partial charge is 0.101 e. The third-order valence-corrected chi connectivity index (χ3v) is 8.25. The molecule has 0 radical (unpaired) electrons. The lowest BCUT2D eigenvalue weighted by molar-refractivity contribution is 1.13. The second-order valence-corrected chi connectivity index (χ2v) is 10.1. The van der Waals surface area contributed by atoms with Crippen LogP contribution in [0.4, 0.5) is 0 Å². The molecule has 0 saturated heterocycles. The molecule has 0 spiro atoms. The average Bonchev–Trinajstić information content (AvgIpc) is 3.64. The Morgan fingerprint density at radius 2 is 1.40 bits per heavy atom. The molecule has 0 fully saturated rings. The van der Waals surface area contributed by atoms with Crippen molar-refractivity contribution in [2.75, 3.05) is 0 Å². The molecule has 8 rings (SSSR count). The number of hydrogen-bond acceptors (Lipinski definition) is 1. The van der Waals surface area contributed by atoms with Gasteiger partial charge in [-0.1, -0.05) is 72.8 Å². The van der Waals surface area contributed by atoms with Gasteiger partial charge in [-0.2, -0.15) is 0 Å². The molecule has 0 atom stereocenters. The van der Waals surface area contributed by atoms with Crippen molar-refractivity contribution in [3.63, 3.8) is 0 Å². The van der Waals surface area contributed by atoms with Crippen LogP contribution in [0.25, 0.3) is 64.6 Å². The minimum Gasteiger partial charge on any atom is -0.316 e. The van der Waals surface area contributed by atoms with Crippen molar-refractivity contribution < 1.29 is 0 Å². The van der Waals surface area contributed by atoms with Crippen LogP contribution >= 0.6 is 11.3 Å². The molecule has 0 saturated carbocycles. The van der Waals surface area contributed by atoms with Crippen LogP contribution in [0.3, 0.4) is 0 Å². The summed E-state index contributed by atoms with van der Waals surface area (Å²) in [6, 6.07) is 41.7. The van der Waals surface area contributed by atoms with Gasteiger partial charge in [0.1, 0.15) is 5.00 Å². The molecule has 8 aromatic rings. The van der Waals surface area contributed by atoms with Crippen LogP contribution in [0, 0.1) is 0 Å². The first kappa shape index (κ1) is 19.0. The summed E-state index contributed by atoms with van der Waals surface area (Å²) >= 11 is 1.85. The Balaban J connectivity index is 1.48. The topological polar surface area (TPSA) is 9.86 Å². The molecule has 3 heteroatoms. The first-order valence-corrected chi connectivity index (χ1v) is 12.7. The zero-order valence-corrected chi connectivity index (χ0v) is 19.7. The van der Waals surface area contributed by atoms with E-state index in [1.54, 1.807) is 0 Å². The quantitative estimate of drug-likeness (QED) is 0.231. The van der Waals surface area contributed by atoms with Crippen molar-refractivity contribution in [2.24, 2.45) is 0 Å². The average molecular weight is 465 g/mol. The predicted octanol–water partition coefficient (Wildman–Crippen LogP) is 9.05. The van der Waals surface area contributed by atoms with Gasteiger partial charge in [-0.3, -0.25) is 0 Å². The Hall–Kier alpha value is -4.34. The molecule has 0 amide bonds. The number of para-hydroxylation sites is 1. The van der Waals surface area contributed by atoms with E-state index in [2.05, 4.69) is 131 Å². The fourth-order valence-electron chi connectivity index (χ4n) is 5.63. The summed E-state index contributed by atoms with van der Waals surface area (Å²) in [5.74, 6) is 0. The SMILES string of the molecule is c1ccc(-c2ccc(-n3c4cccc5ccc6c(c54)c3cc3ccn(-c4ccccc4)c36)s2)cc1. The maximum Gasteiger partial charge on any atom is 0.101 e. The summed E-state index contributed by atoms with van der Waals surface area (Å²) < 4.78 is 4.78. The number of benzene rings is 5. The van der Waals surface area contributed by atoms with E-state index in [1.165, 1.54) is 64.6 Å². The van der Waals surface area contributed by atoms with Crippen molar-refractivity contribution in [1.82, 2.24) is 9.13 Å². The van der Waals surface area contributed by atoms with Gasteiger partial charge < -0.3 is 9.13 Å². The lowest BCUT2D eigenvalue weighted by Gasteiger charge is -2.10. The van der Waals surface area contributed by atoms with Gasteiger partial charge in [0.2, 0.25) is 0 Å². The standard InChI is InChI=1S/C32H20N2S/c1-3-8-21(9-4-1)28-16-17-29(35-28)34-26-13-7-10-22-14-15-25-31(30(22)26)27(34)20-23-18-19-33(32(23)25)24-11-5-2-6-12-24/h1-20H. The fraction of sp³-hybridized carbons (Fsp3) is 0. The van der Waals surface area contributed by atoms with E-state index < -0.39 is 0 Å². The molecule has 2 nitrogen and oxygen atoms in total. The minimum atomic E-state index is 1.19. The largest absolute Gasteiger partial charge is 0.316 e. The Labute approximate surface area is 206 Å². The molecule has 3 aromatic heterocycles. The Morgan fingerprint density at radius 3 is 2.26 bits per heavy atom. The van der Waals surface area contributed by atoms with E-state index in [4.69, 9.17) is 0 Å². The molecule has 0 aliphatic carbocycles. The molecule has 0 aliphatic heterocycles. The first-order chi connectivity index (χ1) is 17.4. The van der Waals surface area contributed by atoms with Crippen LogP contribution in [0.5, 0.6) is 0 Å². The van der Waals surface area contributed by atoms with E-state index in [0.29, 0.717) is 0 Å². The molecular weight excluding hydrogens is 444 g/mol. The molecule has 35 heavy (non-hydrogen) atoms. The number of hydrogen-bond donors (Lipinski definition) is 0. The van der Waals surface area contributed by atoms with E-state index in [9.17, 15) is 0 Å². The normalized spacial score (nSPS) is 12.0. The third kappa shape index (κ3) is 2.64. The van der Waals surface area contributed by atoms with E-state index in [-0.39, 0.29) is 0 Å². The molecule has 0 bridgehead atoms. The Bertz CT molecular complexity index is 1990. The van der Waals surface area contributed by atoms with Crippen LogP contribution in [-0.4, -0.2) is 9.13 Å². The molecule has 0 unspecified atom stereocenters. The van der Waals surface area contributed by atoms with E-state index in [1.807, 2.05) is 11.3 Å². The maximum absolute atomic E-state index is 2.46. The summed E-state index contributed by atoms with van der Waals surface area (Å²) in [4.78, 5) is 1.29. The van der Waals surface area contributed by atoms with E-state index >= 15 is 0 Å². The second-order valence-electron chi connectivity index (χ2n) is 9.06. The van der Waals surface area contributed by atoms with Crippen LogP contribution in [-0.2, 0) is 0 Å². The van der Waals surface area contributed by atoms with Gasteiger partial charge in [-0.05, 0) is 53.4 Å². The fourth-order valence-corrected chi connectivity index (χ4v) is 6.67. The number of rotatable bonds is 3. The van der Waals surface area contributed by atoms with Crippen molar-refractivity contribution in [3.8, 4) is 21.1 Å². The predicted molar refractivity (Wildman–Crippen MR) is 150 cm³/mol. The van der Waals surface area contributed by atoms with Gasteiger partial charge in [0.25, 0.3) is 0 Å². The highest BCUT2D eigenvalue weighted by Gasteiger charge is 2.21. The molecule has 5 aromatic carbocycles. The summed E-state index contributed by atoms with van der Waals surface area (Å²) in [6.07, 6.45) is 2.20. The summed E-state index contributed by atoms with van der Waals surface area (Å²) in [6.45, 7) is 0. The van der Waals surface area contributed by atoms with Crippen molar-refractivity contribution >= 4 is 54.8 Å². The second kappa shape index (κ2) is 7.08. The van der Waals surface area contributed by atoms with Crippen molar-refractivity contribution in [2.45, 2.75) is 0 Å². The zero-order valence-electron chi connectivity index (χ0n) is 18.8. The zero-order chi connectivity index (χ0) is 22.9. The molecule has 0 N–H and O–H groups in total. The van der Waals surface area contributed by atoms with Gasteiger partial charge in [-0.25, -0.2) is 0 Å². The van der Waals surface area contributed by atoms with Crippen LogP contribution in [0.1, 0.15) is 0 Å². The van der Waals surface area contributed by atoms with Crippen LogP contribution in [0.15, 0.2) is 121 Å². The first-order valence-electron chi connectivity index (χ1n) is 11.9. The highest BCUT2D eigenvalue weighted by Crippen LogP contribution is 2.44. The number of aromatic nitrogens is 2. The highest BCUT2D eigenvalue weighted by molar-refractivity contribution is 7.18. The van der Waals surface area contributed by atoms with Gasteiger partial charge in [0.05, 0.1) is 16.6 Å². The Morgan fingerprint density at radius 1 is 0.571 bits per heavy atom. The summed E-state index contributed by atoms with van der Waals surface area (Å²) in [5.41, 5.74) is 6.26. The highest BCUT2D eigenvalue weighted by atomic mass is 32.1. The van der Waals surface area contributed by atoms with Gasteiger partial charge in [0.15, 0.2) is 0 Å². The minimum absolute atomic E-state index is 1.19. The number of fused-ring (bicyclic) bond motifs is 2. The van der Waals surface area contributed by atoms with Crippen molar-refractivity contribution in [1.29, 1.82) is 0 Å². The third-order valence-electron chi connectivity index (χ3n) is 7.13. The lowest BCUT2D eigenvalue weighted by Crippen LogP contribution is -1.93. The van der Waals surface area contributed by atoms with Gasteiger partial charge >= 0.3 is 0 Å². The van der Waals surface area contributed by atoms with Crippen molar-refractivity contribution in [3.05, 3.63) is 121 Å². The van der Waals surface area contributed by atoms with Crippen LogP contribution < -0.4 is 0 Å². The van der Waals surface area contributed by atoms with Crippen LogP contribution in [0.2, 0.25) is 0 Å². The van der Waals surface area contributed by atoms with Gasteiger partial charge in [0, 0.05) is 38.3 Å². The molecule has 0 aliphatic rings. The maximum atomic E-state index is 2.46. The molecule has 164 valence electrons. The van der Waals surface area contributed by atoms with Gasteiger partial charge in [-0.15, -0.1) is 11.3 Å². The monoisotopic (exact) mass is 464 g/mol. The summed E-state index contributed by atoms with van der Waals surface area (Å²) in [5, 5.41) is 7.78. The Kier molecular flexibility index (Phi) is 3.85. The number of nitrogens with zero attached hydrogens (tertiary/aromatic N) is 2. The summed E-state index contributed by atoms with van der Waals surface area (Å²) in [7, 11) is 0.